The molecule has 3 heterocycles. The second-order valence-electron chi connectivity index (χ2n) is 7.44. The van der Waals surface area contributed by atoms with Gasteiger partial charge in [0.1, 0.15) is 18.0 Å². The molecule has 0 unspecified atom stereocenters. The minimum atomic E-state index is -4.86. The van der Waals surface area contributed by atoms with Gasteiger partial charge in [-0.25, -0.2) is 4.79 Å². The average Bonchev–Trinajstić information content (AvgIpc) is 3.28. The Morgan fingerprint density at radius 1 is 1.19 bits per heavy atom. The minimum absolute atomic E-state index is 0.0250. The highest BCUT2D eigenvalue weighted by molar-refractivity contribution is 6.32. The molecule has 8 nitrogen and oxygen atoms in total. The molecule has 0 amide bonds. The minimum Gasteiger partial charge on any atom is -0.475 e. The summed E-state index contributed by atoms with van der Waals surface area (Å²) >= 11 is 6.21. The Labute approximate surface area is 179 Å². The molecule has 0 N–H and O–H groups in total. The van der Waals surface area contributed by atoms with Crippen molar-refractivity contribution in [1.29, 1.82) is 0 Å². The molecule has 4 rings (SSSR count). The van der Waals surface area contributed by atoms with E-state index in [1.807, 2.05) is 0 Å². The molecule has 0 bridgehead atoms. The number of hydrogen-bond donors (Lipinski definition) is 0. The molecule has 31 heavy (non-hydrogen) atoms. The molecule has 0 radical (unpaired) electrons. The fourth-order valence-corrected chi connectivity index (χ4v) is 4.08. The molecule has 168 valence electrons. The Bertz CT molecular complexity index is 951. The highest BCUT2D eigenvalue weighted by atomic mass is 35.5. The maximum atomic E-state index is 13.7. The number of carbonyl (C=O) groups excluding carboxylic acids is 1. The lowest BCUT2D eigenvalue weighted by molar-refractivity contribution is -0.189. The molecule has 2 saturated heterocycles. The number of hydrogen-bond acceptors (Lipinski definition) is 8. The molecule has 1 aromatic rings. The third-order valence-corrected chi connectivity index (χ3v) is 6.03. The van der Waals surface area contributed by atoms with Gasteiger partial charge < -0.3 is 23.8 Å². The lowest BCUT2D eigenvalue weighted by atomic mass is 9.96. The maximum Gasteiger partial charge on any atom is 0.430 e. The topological polar surface area (TPSA) is 92.7 Å². The summed E-state index contributed by atoms with van der Waals surface area (Å²) in [4.78, 5) is 27.7. The van der Waals surface area contributed by atoms with Crippen LogP contribution < -0.4 is 4.74 Å². The predicted molar refractivity (Wildman–Crippen MR) is 99.4 cm³/mol. The van der Waals surface area contributed by atoms with Crippen molar-refractivity contribution in [3.8, 4) is 5.75 Å². The first-order valence-electron chi connectivity index (χ1n) is 9.29. The monoisotopic (exact) mass is 463 g/mol. The molecule has 3 aliphatic rings. The first kappa shape index (κ1) is 21.8. The Balaban J connectivity index is 1.61. The lowest BCUT2D eigenvalue weighted by Crippen LogP contribution is -2.42. The second-order valence-corrected chi connectivity index (χ2v) is 7.82. The van der Waals surface area contributed by atoms with Crippen molar-refractivity contribution in [2.75, 3.05) is 13.2 Å². The number of aryl methyl sites for hydroxylation is 1. The molecule has 0 aliphatic carbocycles. The predicted octanol–water partition coefficient (Wildman–Crippen LogP) is 3.44. The second kappa shape index (κ2) is 7.95. The van der Waals surface area contributed by atoms with Crippen molar-refractivity contribution in [1.82, 2.24) is 0 Å². The van der Waals surface area contributed by atoms with Crippen molar-refractivity contribution in [3.05, 3.63) is 38.3 Å². The van der Waals surface area contributed by atoms with E-state index in [1.54, 1.807) is 13.8 Å². The zero-order chi connectivity index (χ0) is 22.5. The van der Waals surface area contributed by atoms with Gasteiger partial charge in [0.05, 0.1) is 18.8 Å². The van der Waals surface area contributed by atoms with Crippen LogP contribution in [0, 0.1) is 18.8 Å². The van der Waals surface area contributed by atoms with Crippen molar-refractivity contribution in [2.24, 2.45) is 5.34 Å². The summed E-state index contributed by atoms with van der Waals surface area (Å²) in [5.41, 5.74) is 0.581. The zero-order valence-corrected chi connectivity index (χ0v) is 17.0. The van der Waals surface area contributed by atoms with E-state index in [-0.39, 0.29) is 24.5 Å². The van der Waals surface area contributed by atoms with Gasteiger partial charge in [-0.05, 0) is 37.1 Å². The van der Waals surface area contributed by atoms with Crippen molar-refractivity contribution in [3.63, 3.8) is 0 Å². The van der Waals surface area contributed by atoms with Gasteiger partial charge in [0.25, 0.3) is 0 Å². The van der Waals surface area contributed by atoms with Crippen molar-refractivity contribution < 1.29 is 41.8 Å². The third-order valence-electron chi connectivity index (χ3n) is 5.45. The van der Waals surface area contributed by atoms with Crippen LogP contribution in [0.2, 0.25) is 5.02 Å². The van der Waals surface area contributed by atoms with Gasteiger partial charge in [-0.2, -0.15) is 13.2 Å². The van der Waals surface area contributed by atoms with Crippen LogP contribution in [-0.4, -0.2) is 55.9 Å². The molecule has 0 spiro atoms. The van der Waals surface area contributed by atoms with Crippen molar-refractivity contribution >= 4 is 23.6 Å². The van der Waals surface area contributed by atoms with E-state index in [0.29, 0.717) is 16.1 Å². The Morgan fingerprint density at radius 2 is 1.84 bits per heavy atom. The van der Waals surface area contributed by atoms with E-state index >= 15 is 0 Å². The van der Waals surface area contributed by atoms with Crippen LogP contribution in [0.3, 0.4) is 0 Å². The summed E-state index contributed by atoms with van der Waals surface area (Å²) in [6.07, 6.45) is -9.58. The molecule has 0 saturated carbocycles. The lowest BCUT2D eigenvalue weighted by Gasteiger charge is -2.30. The largest absolute Gasteiger partial charge is 0.475 e. The van der Waals surface area contributed by atoms with Crippen LogP contribution in [0.5, 0.6) is 5.75 Å². The Kier molecular flexibility index (Phi) is 5.61. The highest BCUT2D eigenvalue weighted by Crippen LogP contribution is 2.42. The van der Waals surface area contributed by atoms with E-state index in [4.69, 9.17) is 30.5 Å². The number of alkyl halides is 3. The number of nitrogens with zero attached hydrogens (tertiary/aromatic N) is 1. The smallest absolute Gasteiger partial charge is 0.430 e. The fraction of sp³-hybridized carbons (Fsp3) is 0.526. The SMILES string of the molecule is Cc1cc2c(c(C)c1Cl)C=C(C(=O)O[C@H]1CO[C@H]3[C@@H]1OC[C@H]3ON=O)[C@@H](C(F)(F)F)O2. The molecular formula is C19H17ClF3NO7. The van der Waals surface area contributed by atoms with Crippen LogP contribution in [0.1, 0.15) is 16.7 Å². The maximum absolute atomic E-state index is 13.7. The Hall–Kier alpha value is -2.37. The van der Waals surface area contributed by atoms with E-state index in [1.165, 1.54) is 6.07 Å². The first-order chi connectivity index (χ1) is 14.6. The number of benzene rings is 1. The van der Waals surface area contributed by atoms with Gasteiger partial charge in [-0.3, -0.25) is 0 Å². The normalized spacial score (nSPS) is 29.5. The van der Waals surface area contributed by atoms with Gasteiger partial charge in [0.15, 0.2) is 17.5 Å². The summed E-state index contributed by atoms with van der Waals surface area (Å²) in [5, 5.41) is 2.70. The zero-order valence-electron chi connectivity index (χ0n) is 16.3. The number of halogens is 4. The van der Waals surface area contributed by atoms with Gasteiger partial charge >= 0.3 is 12.1 Å². The molecule has 3 aliphatic heterocycles. The standard InChI is InChI=1S/C19H17ClF3NO7/c1-7-3-11-9(8(2)14(7)20)4-10(17(29-11)19(21,22)23)18(25)30-12-5-27-16-13(31-24-26)6-28-15(12)16/h3-4,12-13,15-17H,5-6H2,1-2H3/t12-,13+,15+,16+,17-/m0/s1. The van der Waals surface area contributed by atoms with Crippen LogP contribution in [0.15, 0.2) is 17.0 Å². The summed E-state index contributed by atoms with van der Waals surface area (Å²) < 4.78 is 62.4. The number of esters is 1. The average molecular weight is 464 g/mol. The van der Waals surface area contributed by atoms with E-state index in [0.717, 1.165) is 6.08 Å². The molecule has 5 atom stereocenters. The Morgan fingerprint density at radius 3 is 2.48 bits per heavy atom. The van der Waals surface area contributed by atoms with Gasteiger partial charge in [0, 0.05) is 10.6 Å². The number of ether oxygens (including phenoxy) is 4. The van der Waals surface area contributed by atoms with Gasteiger partial charge in [0.2, 0.25) is 6.10 Å². The van der Waals surface area contributed by atoms with Crippen LogP contribution in [0.4, 0.5) is 13.2 Å². The molecule has 12 heteroatoms. The number of rotatable bonds is 4. The van der Waals surface area contributed by atoms with Gasteiger partial charge in [-0.1, -0.05) is 11.6 Å². The number of carbonyl (C=O) groups is 1. The quantitative estimate of drug-likeness (QED) is 0.383. The first-order valence-corrected chi connectivity index (χ1v) is 9.67. The van der Waals surface area contributed by atoms with Crippen LogP contribution in [-0.2, 0) is 23.8 Å². The molecular weight excluding hydrogens is 447 g/mol. The summed E-state index contributed by atoms with van der Waals surface area (Å²) in [5.74, 6) is -1.25. The molecule has 1 aromatic carbocycles. The summed E-state index contributed by atoms with van der Waals surface area (Å²) in [7, 11) is 0. The van der Waals surface area contributed by atoms with E-state index < -0.39 is 48.2 Å². The number of fused-ring (bicyclic) bond motifs is 2. The third kappa shape index (κ3) is 3.85. The fourth-order valence-electron chi connectivity index (χ4n) is 3.93. The van der Waals surface area contributed by atoms with Crippen molar-refractivity contribution in [2.45, 2.75) is 50.5 Å². The molecule has 0 aromatic heterocycles. The van der Waals surface area contributed by atoms with Crippen LogP contribution in [0.25, 0.3) is 6.08 Å². The van der Waals surface area contributed by atoms with E-state index in [2.05, 4.69) is 10.2 Å². The van der Waals surface area contributed by atoms with Gasteiger partial charge in [-0.15, -0.1) is 4.91 Å². The molecule has 2 fully saturated rings. The summed E-state index contributed by atoms with van der Waals surface area (Å²) in [6.45, 7) is 3.10. The van der Waals surface area contributed by atoms with E-state index in [9.17, 15) is 22.9 Å². The highest BCUT2D eigenvalue weighted by Gasteiger charge is 2.53. The summed E-state index contributed by atoms with van der Waals surface area (Å²) in [6, 6.07) is 1.39. The van der Waals surface area contributed by atoms with Crippen LogP contribution >= 0.6 is 11.6 Å².